The van der Waals surface area contributed by atoms with Crippen molar-refractivity contribution in [2.75, 3.05) is 47.5 Å². The Labute approximate surface area is 340 Å². The van der Waals surface area contributed by atoms with E-state index in [0.717, 1.165) is 32.1 Å². The molecule has 0 N–H and O–H groups in total. The third kappa shape index (κ3) is 42.4. The summed E-state index contributed by atoms with van der Waals surface area (Å²) in [5.74, 6) is -0.818. The van der Waals surface area contributed by atoms with Crippen LogP contribution in [0.4, 0.5) is 0 Å². The van der Waals surface area contributed by atoms with Crippen molar-refractivity contribution in [3.8, 4) is 0 Å². The maximum atomic E-state index is 12.7. The van der Waals surface area contributed by atoms with Crippen molar-refractivity contribution in [3.05, 3.63) is 0 Å². The Kier molecular flexibility index (Phi) is 37.8. The highest BCUT2D eigenvalue weighted by atomic mass is 31.2. The van der Waals surface area contributed by atoms with Crippen molar-refractivity contribution in [1.29, 1.82) is 0 Å². The Balaban J connectivity index is 4.26. The molecule has 1 unspecified atom stereocenters. The van der Waals surface area contributed by atoms with E-state index in [9.17, 15) is 19.0 Å². The average molecular weight is 804 g/mol. The van der Waals surface area contributed by atoms with Crippen LogP contribution in [0.5, 0.6) is 0 Å². The van der Waals surface area contributed by atoms with Crippen molar-refractivity contribution >= 4 is 19.8 Å². The Morgan fingerprint density at radius 2 is 0.818 bits per heavy atom. The fourth-order valence-electron chi connectivity index (χ4n) is 6.72. The number of carbonyl (C=O) groups is 2. The predicted molar refractivity (Wildman–Crippen MR) is 227 cm³/mol. The lowest BCUT2D eigenvalue weighted by Gasteiger charge is -2.28. The summed E-state index contributed by atoms with van der Waals surface area (Å²) in [4.78, 5) is 37.5. The molecule has 0 aliphatic carbocycles. The van der Waals surface area contributed by atoms with Crippen molar-refractivity contribution in [3.63, 3.8) is 0 Å². The van der Waals surface area contributed by atoms with Crippen LogP contribution in [0.15, 0.2) is 0 Å². The molecule has 328 valence electrons. The summed E-state index contributed by atoms with van der Waals surface area (Å²) in [7, 11) is 1.18. The Morgan fingerprint density at radius 1 is 0.491 bits per heavy atom. The van der Waals surface area contributed by atoms with Crippen LogP contribution >= 0.6 is 7.82 Å². The largest absolute Gasteiger partial charge is 0.756 e. The molecule has 0 aliphatic heterocycles. The van der Waals surface area contributed by atoms with E-state index in [4.69, 9.17) is 18.5 Å². The Bertz CT molecular complexity index is 912. The highest BCUT2D eigenvalue weighted by Gasteiger charge is 2.21. The summed E-state index contributed by atoms with van der Waals surface area (Å²) in [6, 6.07) is 0. The summed E-state index contributed by atoms with van der Waals surface area (Å²) >= 11 is 0. The molecule has 0 rings (SSSR count). The maximum absolute atomic E-state index is 12.7. The van der Waals surface area contributed by atoms with Gasteiger partial charge in [0.05, 0.1) is 27.7 Å². The molecule has 0 heterocycles. The van der Waals surface area contributed by atoms with Crippen LogP contribution in [-0.2, 0) is 32.7 Å². The minimum Gasteiger partial charge on any atom is -0.756 e. The molecule has 9 nitrogen and oxygen atoms in total. The van der Waals surface area contributed by atoms with E-state index in [2.05, 4.69) is 13.8 Å². The second-order valence-electron chi connectivity index (χ2n) is 17.1. The first-order valence-corrected chi connectivity index (χ1v) is 24.7. The van der Waals surface area contributed by atoms with Gasteiger partial charge in [0.2, 0.25) is 0 Å². The number of ether oxygens (including phenoxy) is 2. The summed E-state index contributed by atoms with van der Waals surface area (Å²) in [5.41, 5.74) is 0. The number of esters is 2. The summed E-state index contributed by atoms with van der Waals surface area (Å²) in [5, 5.41) is 0. The minimum absolute atomic E-state index is 0.0256. The number of phosphoric ester groups is 1. The zero-order valence-electron chi connectivity index (χ0n) is 36.9. The third-order valence-corrected chi connectivity index (χ3v) is 11.3. The van der Waals surface area contributed by atoms with E-state index in [1.807, 2.05) is 21.1 Å². The highest BCUT2D eigenvalue weighted by molar-refractivity contribution is 7.45. The quantitative estimate of drug-likeness (QED) is 0.0259. The lowest BCUT2D eigenvalue weighted by molar-refractivity contribution is -0.870. The SMILES string of the molecule is CCCCCCCCCCCCCCCCCCCCC(=O)O[C@H](COC(=O)CCCCCCCCCCCCCCC)COP(=O)([O-])OCC[N+](C)(C)C. The second-order valence-corrected chi connectivity index (χ2v) is 18.5. The van der Waals surface area contributed by atoms with Gasteiger partial charge in [-0.25, -0.2) is 0 Å². The molecule has 2 atom stereocenters. The lowest BCUT2D eigenvalue weighted by Crippen LogP contribution is -2.37. The summed E-state index contributed by atoms with van der Waals surface area (Å²) in [6.07, 6.45) is 38.4. The van der Waals surface area contributed by atoms with Crippen molar-refractivity contribution in [2.45, 2.75) is 232 Å². The first kappa shape index (κ1) is 54.0. The number of rotatable bonds is 43. The number of carbonyl (C=O) groups excluding carboxylic acids is 2. The van der Waals surface area contributed by atoms with Gasteiger partial charge in [0.1, 0.15) is 19.8 Å². The standard InChI is InChI=1S/C45H90NO8P/c1-6-8-10-12-14-16-18-20-21-22-23-24-26-28-30-32-34-36-38-45(48)54-43(42-53-55(49,50)52-40-39-46(3,4)5)41-51-44(47)37-35-33-31-29-27-25-19-17-15-13-11-9-7-2/h43H,6-42H2,1-5H3/t43-/m1/s1. The molecule has 0 aliphatic rings. The molecule has 0 spiro atoms. The van der Waals surface area contributed by atoms with Gasteiger partial charge < -0.3 is 27.9 Å². The van der Waals surface area contributed by atoms with E-state index in [-0.39, 0.29) is 32.0 Å². The molecule has 0 aromatic heterocycles. The van der Waals surface area contributed by atoms with Crippen LogP contribution in [0.2, 0.25) is 0 Å². The Hall–Kier alpha value is -0.990. The molecule has 0 aromatic carbocycles. The fraction of sp³-hybridized carbons (Fsp3) is 0.956. The van der Waals surface area contributed by atoms with E-state index in [1.165, 1.54) is 161 Å². The van der Waals surface area contributed by atoms with E-state index >= 15 is 0 Å². The normalized spacial score (nSPS) is 13.5. The van der Waals surface area contributed by atoms with Crippen molar-refractivity contribution in [1.82, 2.24) is 0 Å². The predicted octanol–water partition coefficient (Wildman–Crippen LogP) is 12.6. The fourth-order valence-corrected chi connectivity index (χ4v) is 7.44. The number of likely N-dealkylation sites (N-methyl/N-ethyl adjacent to an activating group) is 1. The van der Waals surface area contributed by atoms with Gasteiger partial charge in [-0.05, 0) is 12.8 Å². The second kappa shape index (κ2) is 38.5. The first-order valence-electron chi connectivity index (χ1n) is 23.2. The Morgan fingerprint density at radius 3 is 1.16 bits per heavy atom. The average Bonchev–Trinajstić information content (AvgIpc) is 3.13. The van der Waals surface area contributed by atoms with Gasteiger partial charge in [-0.15, -0.1) is 0 Å². The topological polar surface area (TPSA) is 111 Å². The molecular formula is C45H90NO8P. The zero-order chi connectivity index (χ0) is 40.7. The van der Waals surface area contributed by atoms with Gasteiger partial charge in [0.25, 0.3) is 7.82 Å². The molecule has 0 saturated heterocycles. The zero-order valence-corrected chi connectivity index (χ0v) is 37.8. The van der Waals surface area contributed by atoms with Gasteiger partial charge in [-0.2, -0.15) is 0 Å². The smallest absolute Gasteiger partial charge is 0.306 e. The van der Waals surface area contributed by atoms with E-state index in [0.29, 0.717) is 17.4 Å². The molecule has 0 aromatic rings. The van der Waals surface area contributed by atoms with Crippen LogP contribution in [0.25, 0.3) is 0 Å². The lowest BCUT2D eigenvalue weighted by atomic mass is 10.0. The van der Waals surface area contributed by atoms with Crippen LogP contribution in [0, 0.1) is 0 Å². The van der Waals surface area contributed by atoms with Crippen molar-refractivity contribution < 1.29 is 42.1 Å². The minimum atomic E-state index is -4.62. The number of nitrogens with zero attached hydrogens (tertiary/aromatic N) is 1. The maximum Gasteiger partial charge on any atom is 0.306 e. The molecule has 0 fully saturated rings. The van der Waals surface area contributed by atoms with Crippen molar-refractivity contribution in [2.24, 2.45) is 0 Å². The van der Waals surface area contributed by atoms with Crippen LogP contribution in [-0.4, -0.2) is 70.0 Å². The van der Waals surface area contributed by atoms with Gasteiger partial charge >= 0.3 is 11.9 Å². The molecule has 0 radical (unpaired) electrons. The van der Waals surface area contributed by atoms with Gasteiger partial charge in [-0.1, -0.05) is 200 Å². The monoisotopic (exact) mass is 804 g/mol. The number of unbranched alkanes of at least 4 members (excludes halogenated alkanes) is 29. The van der Waals surface area contributed by atoms with Gasteiger partial charge in [-0.3, -0.25) is 14.2 Å². The van der Waals surface area contributed by atoms with E-state index < -0.39 is 26.5 Å². The highest BCUT2D eigenvalue weighted by Crippen LogP contribution is 2.38. The van der Waals surface area contributed by atoms with Crippen LogP contribution < -0.4 is 4.89 Å². The molecule has 55 heavy (non-hydrogen) atoms. The molecular weight excluding hydrogens is 713 g/mol. The summed E-state index contributed by atoms with van der Waals surface area (Å²) in [6.45, 7) is 4.27. The number of quaternary nitrogens is 1. The first-order chi connectivity index (χ1) is 26.5. The molecule has 0 amide bonds. The number of hydrogen-bond donors (Lipinski definition) is 0. The third-order valence-electron chi connectivity index (χ3n) is 10.4. The molecule has 0 bridgehead atoms. The van der Waals surface area contributed by atoms with Crippen LogP contribution in [0.1, 0.15) is 226 Å². The molecule has 0 saturated carbocycles. The molecule has 10 heteroatoms. The van der Waals surface area contributed by atoms with E-state index in [1.54, 1.807) is 0 Å². The van der Waals surface area contributed by atoms with Crippen LogP contribution in [0.3, 0.4) is 0 Å². The number of phosphoric acid groups is 1. The summed E-state index contributed by atoms with van der Waals surface area (Å²) < 4.78 is 33.9. The van der Waals surface area contributed by atoms with Gasteiger partial charge in [0, 0.05) is 12.8 Å². The van der Waals surface area contributed by atoms with Gasteiger partial charge in [0.15, 0.2) is 6.10 Å². The number of hydrogen-bond acceptors (Lipinski definition) is 8.